The number of nitrogens with zero attached hydrogens (tertiary/aromatic N) is 1. The van der Waals surface area contributed by atoms with Gasteiger partial charge in [-0.1, -0.05) is 12.8 Å². The molecule has 1 aliphatic rings. The number of aromatic hydroxyl groups is 1. The minimum atomic E-state index is -0.488. The molecule has 0 atom stereocenters. The molecule has 1 fully saturated rings. The SMILES string of the molecule is Cc1ccc(O)c(NC(=O)C2(CN)CCCC2)n1. The number of hydrogen-bond acceptors (Lipinski definition) is 4. The van der Waals surface area contributed by atoms with Crippen molar-refractivity contribution in [1.82, 2.24) is 4.98 Å². The molecule has 0 aliphatic heterocycles. The van der Waals surface area contributed by atoms with Crippen molar-refractivity contribution in [2.45, 2.75) is 32.6 Å². The molecular formula is C13H19N3O2. The molecular weight excluding hydrogens is 230 g/mol. The first-order chi connectivity index (χ1) is 8.57. The Bertz CT molecular complexity index is 454. The molecule has 2 rings (SSSR count). The summed E-state index contributed by atoms with van der Waals surface area (Å²) in [5.74, 6) is 0.0785. The van der Waals surface area contributed by atoms with Crippen LogP contribution in [0.1, 0.15) is 31.4 Å². The number of nitrogens with one attached hydrogen (secondary N) is 1. The van der Waals surface area contributed by atoms with Crippen molar-refractivity contribution < 1.29 is 9.90 Å². The number of amides is 1. The lowest BCUT2D eigenvalue weighted by molar-refractivity contribution is -0.124. The molecule has 1 heterocycles. The molecule has 0 spiro atoms. The lowest BCUT2D eigenvalue weighted by atomic mass is 9.85. The van der Waals surface area contributed by atoms with Gasteiger partial charge in [-0.05, 0) is 31.9 Å². The smallest absolute Gasteiger partial charge is 0.233 e. The predicted octanol–water partition coefficient (Wildman–Crippen LogP) is 1.55. The Kier molecular flexibility index (Phi) is 3.52. The Balaban J connectivity index is 2.18. The fourth-order valence-electron chi connectivity index (χ4n) is 2.46. The Labute approximate surface area is 106 Å². The number of anilines is 1. The number of pyridine rings is 1. The maximum absolute atomic E-state index is 12.3. The van der Waals surface area contributed by atoms with Crippen molar-refractivity contribution >= 4 is 11.7 Å². The lowest BCUT2D eigenvalue weighted by Crippen LogP contribution is -2.40. The zero-order valence-corrected chi connectivity index (χ0v) is 10.6. The van der Waals surface area contributed by atoms with E-state index in [1.165, 1.54) is 6.07 Å². The molecule has 5 nitrogen and oxygen atoms in total. The van der Waals surface area contributed by atoms with Gasteiger partial charge in [-0.15, -0.1) is 0 Å². The van der Waals surface area contributed by atoms with Crippen molar-refractivity contribution in [2.75, 3.05) is 11.9 Å². The Morgan fingerprint density at radius 2 is 2.17 bits per heavy atom. The number of carbonyl (C=O) groups excluding carboxylic acids is 1. The van der Waals surface area contributed by atoms with Gasteiger partial charge in [0.2, 0.25) is 5.91 Å². The van der Waals surface area contributed by atoms with Crippen LogP contribution in [0.2, 0.25) is 0 Å². The number of nitrogens with two attached hydrogens (primary N) is 1. The summed E-state index contributed by atoms with van der Waals surface area (Å²) in [4.78, 5) is 16.4. The van der Waals surface area contributed by atoms with Gasteiger partial charge in [-0.3, -0.25) is 4.79 Å². The first-order valence-electron chi connectivity index (χ1n) is 6.25. The largest absolute Gasteiger partial charge is 0.504 e. The van der Waals surface area contributed by atoms with Crippen LogP contribution in [-0.4, -0.2) is 22.5 Å². The van der Waals surface area contributed by atoms with Gasteiger partial charge in [0.25, 0.3) is 0 Å². The number of aryl methyl sites for hydroxylation is 1. The van der Waals surface area contributed by atoms with E-state index in [0.717, 1.165) is 31.4 Å². The summed E-state index contributed by atoms with van der Waals surface area (Å²) in [6.07, 6.45) is 3.67. The second-order valence-electron chi connectivity index (χ2n) is 4.97. The van der Waals surface area contributed by atoms with Gasteiger partial charge in [0.05, 0.1) is 5.41 Å². The van der Waals surface area contributed by atoms with E-state index in [9.17, 15) is 9.90 Å². The van der Waals surface area contributed by atoms with E-state index in [2.05, 4.69) is 10.3 Å². The first kappa shape index (κ1) is 12.8. The van der Waals surface area contributed by atoms with Crippen LogP contribution in [-0.2, 0) is 4.79 Å². The monoisotopic (exact) mass is 249 g/mol. The van der Waals surface area contributed by atoms with Crippen molar-refractivity contribution in [3.05, 3.63) is 17.8 Å². The third-order valence-corrected chi connectivity index (χ3v) is 3.68. The van der Waals surface area contributed by atoms with Gasteiger partial charge in [-0.25, -0.2) is 4.98 Å². The lowest BCUT2D eigenvalue weighted by Gasteiger charge is -2.25. The summed E-state index contributed by atoms with van der Waals surface area (Å²) in [5, 5.41) is 12.4. The number of aromatic nitrogens is 1. The van der Waals surface area contributed by atoms with Crippen molar-refractivity contribution in [2.24, 2.45) is 11.1 Å². The predicted molar refractivity (Wildman–Crippen MR) is 69.2 cm³/mol. The Hall–Kier alpha value is -1.62. The highest BCUT2D eigenvalue weighted by molar-refractivity contribution is 5.96. The summed E-state index contributed by atoms with van der Waals surface area (Å²) in [6, 6.07) is 3.22. The summed E-state index contributed by atoms with van der Waals surface area (Å²) in [7, 11) is 0. The van der Waals surface area contributed by atoms with E-state index in [1.54, 1.807) is 6.07 Å². The highest BCUT2D eigenvalue weighted by Crippen LogP contribution is 2.38. The fourth-order valence-corrected chi connectivity index (χ4v) is 2.46. The minimum absolute atomic E-state index is 0.0147. The van der Waals surface area contributed by atoms with Crippen LogP contribution in [0.4, 0.5) is 5.82 Å². The Morgan fingerprint density at radius 3 is 2.78 bits per heavy atom. The minimum Gasteiger partial charge on any atom is -0.504 e. The molecule has 4 N–H and O–H groups in total. The molecule has 0 saturated heterocycles. The van der Waals surface area contributed by atoms with Gasteiger partial charge in [0, 0.05) is 12.2 Å². The van der Waals surface area contributed by atoms with Gasteiger partial charge < -0.3 is 16.2 Å². The van der Waals surface area contributed by atoms with Crippen LogP contribution in [0.5, 0.6) is 5.75 Å². The molecule has 0 unspecified atom stereocenters. The van der Waals surface area contributed by atoms with Gasteiger partial charge in [-0.2, -0.15) is 0 Å². The molecule has 5 heteroatoms. The number of carbonyl (C=O) groups is 1. The van der Waals surface area contributed by atoms with Crippen LogP contribution < -0.4 is 11.1 Å². The molecule has 0 bridgehead atoms. The standard InChI is InChI=1S/C13H19N3O2/c1-9-4-5-10(17)11(15-9)16-12(18)13(8-14)6-2-3-7-13/h4-5,17H,2-3,6-8,14H2,1H3,(H,15,16,18). The second kappa shape index (κ2) is 4.94. The van der Waals surface area contributed by atoms with E-state index in [1.807, 2.05) is 6.92 Å². The summed E-state index contributed by atoms with van der Waals surface area (Å²) >= 11 is 0. The molecule has 1 amide bonds. The summed E-state index contributed by atoms with van der Waals surface area (Å²) < 4.78 is 0. The van der Waals surface area contributed by atoms with Gasteiger partial charge in [0.1, 0.15) is 0 Å². The number of hydrogen-bond donors (Lipinski definition) is 3. The quantitative estimate of drug-likeness (QED) is 0.758. The van der Waals surface area contributed by atoms with Crippen molar-refractivity contribution in [3.63, 3.8) is 0 Å². The van der Waals surface area contributed by atoms with E-state index < -0.39 is 5.41 Å². The molecule has 1 aliphatic carbocycles. The third kappa shape index (κ3) is 2.31. The maximum atomic E-state index is 12.3. The van der Waals surface area contributed by atoms with E-state index in [0.29, 0.717) is 6.54 Å². The van der Waals surface area contributed by atoms with Crippen molar-refractivity contribution in [1.29, 1.82) is 0 Å². The van der Waals surface area contributed by atoms with Crippen LogP contribution in [0.25, 0.3) is 0 Å². The molecule has 18 heavy (non-hydrogen) atoms. The third-order valence-electron chi connectivity index (χ3n) is 3.68. The Morgan fingerprint density at radius 1 is 1.50 bits per heavy atom. The van der Waals surface area contributed by atoms with Crippen LogP contribution in [0, 0.1) is 12.3 Å². The fraction of sp³-hybridized carbons (Fsp3) is 0.538. The van der Waals surface area contributed by atoms with E-state index >= 15 is 0 Å². The highest BCUT2D eigenvalue weighted by atomic mass is 16.3. The molecule has 0 radical (unpaired) electrons. The second-order valence-corrected chi connectivity index (χ2v) is 4.97. The maximum Gasteiger partial charge on any atom is 0.233 e. The average Bonchev–Trinajstić information content (AvgIpc) is 2.84. The van der Waals surface area contributed by atoms with Crippen LogP contribution in [0.3, 0.4) is 0 Å². The van der Waals surface area contributed by atoms with E-state index in [-0.39, 0.29) is 17.5 Å². The molecule has 98 valence electrons. The average molecular weight is 249 g/mol. The number of rotatable bonds is 3. The summed E-state index contributed by atoms with van der Waals surface area (Å²) in [5.41, 5.74) is 6.01. The molecule has 0 aromatic carbocycles. The zero-order valence-electron chi connectivity index (χ0n) is 10.6. The van der Waals surface area contributed by atoms with E-state index in [4.69, 9.17) is 5.73 Å². The zero-order chi connectivity index (χ0) is 13.2. The van der Waals surface area contributed by atoms with Crippen LogP contribution >= 0.6 is 0 Å². The summed E-state index contributed by atoms with van der Waals surface area (Å²) in [6.45, 7) is 2.15. The van der Waals surface area contributed by atoms with Crippen molar-refractivity contribution in [3.8, 4) is 5.75 Å². The highest BCUT2D eigenvalue weighted by Gasteiger charge is 2.40. The van der Waals surface area contributed by atoms with Crippen LogP contribution in [0.15, 0.2) is 12.1 Å². The molecule has 1 aromatic rings. The van der Waals surface area contributed by atoms with Gasteiger partial charge in [0.15, 0.2) is 11.6 Å². The first-order valence-corrected chi connectivity index (χ1v) is 6.25. The molecule has 1 saturated carbocycles. The van der Waals surface area contributed by atoms with Gasteiger partial charge >= 0.3 is 0 Å². The topological polar surface area (TPSA) is 88.2 Å². The molecule has 1 aromatic heterocycles. The normalized spacial score (nSPS) is 17.7.